The SMILES string of the molecule is CCN1CCN(C2CCN(Cc3nc(-c4ccc(C(F)(F)F)cc4)no3)CC2)CC1. The normalized spacial score (nSPS) is 20.7. The maximum atomic E-state index is 12.7. The van der Waals surface area contributed by atoms with Crippen molar-refractivity contribution in [1.82, 2.24) is 24.8 Å². The largest absolute Gasteiger partial charge is 0.416 e. The summed E-state index contributed by atoms with van der Waals surface area (Å²) in [5.74, 6) is 0.822. The highest BCUT2D eigenvalue weighted by atomic mass is 19.4. The molecule has 2 saturated heterocycles. The van der Waals surface area contributed by atoms with Gasteiger partial charge in [0.2, 0.25) is 11.7 Å². The third-order valence-corrected chi connectivity index (χ3v) is 6.22. The third-order valence-electron chi connectivity index (χ3n) is 6.22. The molecule has 0 amide bonds. The van der Waals surface area contributed by atoms with Crippen LogP contribution in [0.4, 0.5) is 13.2 Å². The van der Waals surface area contributed by atoms with E-state index in [1.807, 2.05) is 0 Å². The second kappa shape index (κ2) is 9.03. The van der Waals surface area contributed by atoms with Crippen molar-refractivity contribution < 1.29 is 17.7 Å². The first-order chi connectivity index (χ1) is 14.4. The van der Waals surface area contributed by atoms with Gasteiger partial charge in [-0.05, 0) is 31.5 Å². The number of hydrogen-bond acceptors (Lipinski definition) is 6. The van der Waals surface area contributed by atoms with Crippen molar-refractivity contribution in [2.75, 3.05) is 45.8 Å². The van der Waals surface area contributed by atoms with E-state index in [-0.39, 0.29) is 0 Å². The predicted octanol–water partition coefficient (Wildman–Crippen LogP) is 3.36. The van der Waals surface area contributed by atoms with Gasteiger partial charge in [0.25, 0.3) is 0 Å². The van der Waals surface area contributed by atoms with E-state index in [4.69, 9.17) is 4.52 Å². The van der Waals surface area contributed by atoms with Crippen molar-refractivity contribution >= 4 is 0 Å². The highest BCUT2D eigenvalue weighted by molar-refractivity contribution is 5.54. The van der Waals surface area contributed by atoms with E-state index in [9.17, 15) is 13.2 Å². The zero-order valence-electron chi connectivity index (χ0n) is 17.2. The monoisotopic (exact) mass is 423 g/mol. The minimum atomic E-state index is -4.35. The van der Waals surface area contributed by atoms with Gasteiger partial charge in [-0.25, -0.2) is 0 Å². The van der Waals surface area contributed by atoms with E-state index in [0.29, 0.717) is 29.9 Å². The number of rotatable bonds is 5. The number of halogens is 3. The molecule has 2 fully saturated rings. The maximum Gasteiger partial charge on any atom is 0.416 e. The van der Waals surface area contributed by atoms with E-state index in [1.165, 1.54) is 12.1 Å². The lowest BCUT2D eigenvalue weighted by Gasteiger charge is -2.42. The summed E-state index contributed by atoms with van der Waals surface area (Å²) in [5, 5.41) is 3.94. The maximum absolute atomic E-state index is 12.7. The van der Waals surface area contributed by atoms with Gasteiger partial charge in [0.1, 0.15) is 0 Å². The molecule has 0 aliphatic carbocycles. The zero-order chi connectivity index (χ0) is 21.1. The first-order valence-electron chi connectivity index (χ1n) is 10.6. The Bertz CT molecular complexity index is 807. The second-order valence-electron chi connectivity index (χ2n) is 8.06. The van der Waals surface area contributed by atoms with E-state index in [0.717, 1.165) is 70.8 Å². The lowest BCUT2D eigenvalue weighted by Crippen LogP contribution is -2.53. The van der Waals surface area contributed by atoms with Crippen molar-refractivity contribution in [3.05, 3.63) is 35.7 Å². The van der Waals surface area contributed by atoms with Crippen molar-refractivity contribution in [1.29, 1.82) is 0 Å². The van der Waals surface area contributed by atoms with Crippen LogP contribution in [0.1, 0.15) is 31.2 Å². The molecule has 0 unspecified atom stereocenters. The molecule has 30 heavy (non-hydrogen) atoms. The fourth-order valence-corrected chi connectivity index (χ4v) is 4.32. The number of alkyl halides is 3. The van der Waals surface area contributed by atoms with Gasteiger partial charge in [0, 0.05) is 50.9 Å². The van der Waals surface area contributed by atoms with Crippen LogP contribution >= 0.6 is 0 Å². The molecule has 0 N–H and O–H groups in total. The molecule has 3 heterocycles. The lowest BCUT2D eigenvalue weighted by molar-refractivity contribution is -0.137. The number of nitrogens with zero attached hydrogens (tertiary/aromatic N) is 5. The molecule has 1 aromatic heterocycles. The molecule has 2 aliphatic heterocycles. The van der Waals surface area contributed by atoms with Gasteiger partial charge in [0.05, 0.1) is 12.1 Å². The highest BCUT2D eigenvalue weighted by Crippen LogP contribution is 2.30. The Morgan fingerprint density at radius 3 is 2.23 bits per heavy atom. The van der Waals surface area contributed by atoms with Gasteiger partial charge in [-0.15, -0.1) is 0 Å². The number of aromatic nitrogens is 2. The number of hydrogen-bond donors (Lipinski definition) is 0. The van der Waals surface area contributed by atoms with Gasteiger partial charge in [-0.1, -0.05) is 24.2 Å². The van der Waals surface area contributed by atoms with Crippen LogP contribution in [0.3, 0.4) is 0 Å². The van der Waals surface area contributed by atoms with Crippen molar-refractivity contribution in [2.24, 2.45) is 0 Å². The van der Waals surface area contributed by atoms with Crippen molar-refractivity contribution in [2.45, 2.75) is 38.5 Å². The molecular formula is C21H28F3N5O. The molecule has 0 saturated carbocycles. The van der Waals surface area contributed by atoms with E-state index < -0.39 is 11.7 Å². The summed E-state index contributed by atoms with van der Waals surface area (Å²) in [6, 6.07) is 5.47. The topological polar surface area (TPSA) is 48.6 Å². The van der Waals surface area contributed by atoms with Crippen LogP contribution in [-0.2, 0) is 12.7 Å². The summed E-state index contributed by atoms with van der Waals surface area (Å²) in [6.07, 6.45) is -2.09. The number of piperazine rings is 1. The number of benzene rings is 1. The number of likely N-dealkylation sites (tertiary alicyclic amines) is 1. The summed E-state index contributed by atoms with van der Waals surface area (Å²) >= 11 is 0. The molecule has 2 aliphatic rings. The Morgan fingerprint density at radius 2 is 1.63 bits per heavy atom. The highest BCUT2D eigenvalue weighted by Gasteiger charge is 2.30. The Labute approximate surface area is 174 Å². The molecule has 0 bridgehead atoms. The number of piperidine rings is 1. The molecule has 2 aromatic rings. The summed E-state index contributed by atoms with van der Waals surface area (Å²) in [5.41, 5.74) is -0.170. The molecule has 1 aromatic carbocycles. The molecule has 0 atom stereocenters. The van der Waals surface area contributed by atoms with Crippen LogP contribution in [0.2, 0.25) is 0 Å². The molecular weight excluding hydrogens is 395 g/mol. The second-order valence-corrected chi connectivity index (χ2v) is 8.06. The van der Waals surface area contributed by atoms with Crippen LogP contribution in [0.15, 0.2) is 28.8 Å². The fourth-order valence-electron chi connectivity index (χ4n) is 4.32. The summed E-state index contributed by atoms with van der Waals surface area (Å²) < 4.78 is 43.5. The van der Waals surface area contributed by atoms with Crippen LogP contribution in [0.25, 0.3) is 11.4 Å². The Morgan fingerprint density at radius 1 is 0.967 bits per heavy atom. The van der Waals surface area contributed by atoms with E-state index in [2.05, 4.69) is 31.8 Å². The average molecular weight is 423 g/mol. The Balaban J connectivity index is 1.28. The number of likely N-dealkylation sites (N-methyl/N-ethyl adjacent to an activating group) is 1. The molecule has 4 rings (SSSR count). The molecule has 164 valence electrons. The molecule has 6 nitrogen and oxygen atoms in total. The van der Waals surface area contributed by atoms with Crippen molar-refractivity contribution in [3.63, 3.8) is 0 Å². The molecule has 0 radical (unpaired) electrons. The first kappa shape index (κ1) is 21.3. The zero-order valence-corrected chi connectivity index (χ0v) is 17.2. The predicted molar refractivity (Wildman–Crippen MR) is 107 cm³/mol. The van der Waals surface area contributed by atoms with Crippen LogP contribution in [0.5, 0.6) is 0 Å². The molecule has 9 heteroatoms. The van der Waals surface area contributed by atoms with Crippen molar-refractivity contribution in [3.8, 4) is 11.4 Å². The minimum Gasteiger partial charge on any atom is -0.338 e. The summed E-state index contributed by atoms with van der Waals surface area (Å²) in [6.45, 7) is 10.5. The smallest absolute Gasteiger partial charge is 0.338 e. The van der Waals surface area contributed by atoms with Gasteiger partial charge in [-0.2, -0.15) is 18.2 Å². The fraction of sp³-hybridized carbons (Fsp3) is 0.619. The van der Waals surface area contributed by atoms with Gasteiger partial charge in [-0.3, -0.25) is 9.80 Å². The minimum absolute atomic E-state index is 0.322. The van der Waals surface area contributed by atoms with Gasteiger partial charge >= 0.3 is 6.18 Å². The summed E-state index contributed by atoms with van der Waals surface area (Å²) in [7, 11) is 0. The van der Waals surface area contributed by atoms with E-state index in [1.54, 1.807) is 0 Å². The van der Waals surface area contributed by atoms with Crippen LogP contribution in [-0.4, -0.2) is 76.7 Å². The quantitative estimate of drug-likeness (QED) is 0.735. The third kappa shape index (κ3) is 5.01. The Kier molecular flexibility index (Phi) is 6.40. The van der Waals surface area contributed by atoms with E-state index >= 15 is 0 Å². The lowest BCUT2D eigenvalue weighted by atomic mass is 10.0. The average Bonchev–Trinajstić information content (AvgIpc) is 3.22. The van der Waals surface area contributed by atoms with Gasteiger partial charge < -0.3 is 9.42 Å². The Hall–Kier alpha value is -1.97. The van der Waals surface area contributed by atoms with Crippen LogP contribution in [0, 0.1) is 0 Å². The first-order valence-corrected chi connectivity index (χ1v) is 10.6. The van der Waals surface area contributed by atoms with Crippen LogP contribution < -0.4 is 0 Å². The standard InChI is InChI=1S/C21H28F3N5O/c1-2-27-11-13-29(14-12-27)18-7-9-28(10-8-18)15-19-25-20(26-30-19)16-3-5-17(6-4-16)21(22,23)24/h3-6,18H,2,7-15H2,1H3. The summed E-state index contributed by atoms with van der Waals surface area (Å²) in [4.78, 5) is 11.8. The van der Waals surface area contributed by atoms with Gasteiger partial charge in [0.15, 0.2) is 0 Å². The molecule has 0 spiro atoms.